The molecule has 0 aliphatic rings. The van der Waals surface area contributed by atoms with Gasteiger partial charge in [-0.05, 0) is 30.2 Å². The predicted octanol–water partition coefficient (Wildman–Crippen LogP) is 3.23. The molecule has 142 valence electrons. The quantitative estimate of drug-likeness (QED) is 0.536. The van der Waals surface area contributed by atoms with E-state index in [4.69, 9.17) is 10.9 Å². The van der Waals surface area contributed by atoms with E-state index in [-0.39, 0.29) is 4.90 Å². The van der Waals surface area contributed by atoms with Crippen LogP contribution in [0, 0.1) is 0 Å². The summed E-state index contributed by atoms with van der Waals surface area (Å²) in [5, 5.41) is 8.15. The molecular weight excluding hydrogens is 392 g/mol. The van der Waals surface area contributed by atoms with Crippen LogP contribution in [0.2, 0.25) is 0 Å². The Balaban J connectivity index is 1.89. The van der Waals surface area contributed by atoms with Crippen molar-refractivity contribution in [1.82, 2.24) is 9.97 Å². The third-order valence-electron chi connectivity index (χ3n) is 4.73. The maximum absolute atomic E-state index is 11.5. The summed E-state index contributed by atoms with van der Waals surface area (Å²) in [6, 6.07) is 16.3. The molecule has 2 aromatic heterocycles. The SMILES string of the molecule is CC(N)(c1ccc(S(N)(=O)=O)cc1)c1ncnc2scc(-c3ccccc3)c12. The van der Waals surface area contributed by atoms with Crippen LogP contribution < -0.4 is 10.9 Å². The smallest absolute Gasteiger partial charge is 0.238 e. The molecule has 0 aliphatic heterocycles. The Morgan fingerprint density at radius 1 is 1.00 bits per heavy atom. The van der Waals surface area contributed by atoms with Gasteiger partial charge in [-0.3, -0.25) is 0 Å². The van der Waals surface area contributed by atoms with Crippen LogP contribution in [0.3, 0.4) is 0 Å². The molecule has 2 aromatic carbocycles. The second-order valence-electron chi connectivity index (χ2n) is 6.69. The van der Waals surface area contributed by atoms with Gasteiger partial charge in [-0.15, -0.1) is 11.3 Å². The van der Waals surface area contributed by atoms with Crippen LogP contribution in [0.15, 0.2) is 71.2 Å². The maximum Gasteiger partial charge on any atom is 0.238 e. The van der Waals surface area contributed by atoms with Gasteiger partial charge in [0.25, 0.3) is 0 Å². The van der Waals surface area contributed by atoms with Crippen LogP contribution in [0.1, 0.15) is 18.2 Å². The summed E-state index contributed by atoms with van der Waals surface area (Å²) < 4.78 is 23.1. The highest BCUT2D eigenvalue weighted by Crippen LogP contribution is 2.39. The first kappa shape index (κ1) is 18.7. The topological polar surface area (TPSA) is 112 Å². The van der Waals surface area contributed by atoms with Gasteiger partial charge in [0.15, 0.2) is 0 Å². The van der Waals surface area contributed by atoms with E-state index in [9.17, 15) is 8.42 Å². The zero-order chi connectivity index (χ0) is 19.9. The van der Waals surface area contributed by atoms with E-state index in [0.29, 0.717) is 5.69 Å². The van der Waals surface area contributed by atoms with Gasteiger partial charge in [0.1, 0.15) is 11.2 Å². The lowest BCUT2D eigenvalue weighted by molar-refractivity contribution is 0.584. The Hall–Kier alpha value is -2.65. The molecule has 0 amide bonds. The van der Waals surface area contributed by atoms with Crippen LogP contribution >= 0.6 is 11.3 Å². The minimum absolute atomic E-state index is 0.0420. The van der Waals surface area contributed by atoms with E-state index >= 15 is 0 Å². The van der Waals surface area contributed by atoms with Crippen LogP contribution in [-0.4, -0.2) is 18.4 Å². The molecular formula is C20H18N4O2S2. The Kier molecular flexibility index (Phi) is 4.51. The molecule has 0 bridgehead atoms. The summed E-state index contributed by atoms with van der Waals surface area (Å²) in [7, 11) is -3.76. The Morgan fingerprint density at radius 2 is 1.68 bits per heavy atom. The minimum atomic E-state index is -3.76. The van der Waals surface area contributed by atoms with Crippen molar-refractivity contribution in [2.75, 3.05) is 0 Å². The molecule has 1 atom stereocenters. The lowest BCUT2D eigenvalue weighted by atomic mass is 9.87. The third kappa shape index (κ3) is 3.20. The number of fused-ring (bicyclic) bond motifs is 1. The molecule has 0 spiro atoms. The minimum Gasteiger partial charge on any atom is -0.317 e. The number of hydrogen-bond donors (Lipinski definition) is 2. The zero-order valence-electron chi connectivity index (χ0n) is 15.0. The first-order valence-corrected chi connectivity index (χ1v) is 10.9. The molecule has 0 fully saturated rings. The number of hydrogen-bond acceptors (Lipinski definition) is 6. The molecule has 28 heavy (non-hydrogen) atoms. The highest BCUT2D eigenvalue weighted by molar-refractivity contribution is 7.89. The Bertz CT molecular complexity index is 1250. The average Bonchev–Trinajstić information content (AvgIpc) is 3.12. The fraction of sp³-hybridized carbons (Fsp3) is 0.100. The molecule has 4 N–H and O–H groups in total. The van der Waals surface area contributed by atoms with Crippen molar-refractivity contribution in [2.24, 2.45) is 10.9 Å². The number of nitrogens with zero attached hydrogens (tertiary/aromatic N) is 2. The van der Waals surface area contributed by atoms with E-state index in [2.05, 4.69) is 15.3 Å². The summed E-state index contributed by atoms with van der Waals surface area (Å²) in [5.74, 6) is 0. The number of thiophene rings is 1. The van der Waals surface area contributed by atoms with Gasteiger partial charge >= 0.3 is 0 Å². The average molecular weight is 411 g/mol. The highest BCUT2D eigenvalue weighted by Gasteiger charge is 2.30. The number of benzene rings is 2. The molecule has 0 saturated heterocycles. The van der Waals surface area contributed by atoms with Crippen molar-refractivity contribution in [3.8, 4) is 11.1 Å². The van der Waals surface area contributed by atoms with Crippen LogP contribution in [0.4, 0.5) is 0 Å². The van der Waals surface area contributed by atoms with Crippen molar-refractivity contribution in [2.45, 2.75) is 17.4 Å². The van der Waals surface area contributed by atoms with Gasteiger partial charge in [0, 0.05) is 16.3 Å². The largest absolute Gasteiger partial charge is 0.317 e. The van der Waals surface area contributed by atoms with E-state index in [1.807, 2.05) is 37.3 Å². The fourth-order valence-corrected chi connectivity index (χ4v) is 4.66. The summed E-state index contributed by atoms with van der Waals surface area (Å²) in [4.78, 5) is 9.80. The van der Waals surface area contributed by atoms with Crippen molar-refractivity contribution in [3.63, 3.8) is 0 Å². The summed E-state index contributed by atoms with van der Waals surface area (Å²) >= 11 is 1.54. The number of nitrogens with two attached hydrogens (primary N) is 2. The zero-order valence-corrected chi connectivity index (χ0v) is 16.7. The van der Waals surface area contributed by atoms with E-state index in [1.165, 1.54) is 29.8 Å². The van der Waals surface area contributed by atoms with Crippen LogP contribution in [-0.2, 0) is 15.6 Å². The number of rotatable bonds is 4. The monoisotopic (exact) mass is 410 g/mol. The van der Waals surface area contributed by atoms with Gasteiger partial charge in [0.05, 0.1) is 16.1 Å². The Labute approximate surface area is 166 Å². The first-order chi connectivity index (χ1) is 13.3. The molecule has 8 heteroatoms. The molecule has 0 saturated carbocycles. The standard InChI is InChI=1S/C20H18N4O2S2/c1-20(21,14-7-9-15(10-8-14)28(22,25)26)18-17-16(13-5-3-2-4-6-13)11-27-19(17)24-12-23-18/h2-12H,21H2,1H3,(H2,22,25,26). The first-order valence-electron chi connectivity index (χ1n) is 8.49. The highest BCUT2D eigenvalue weighted by atomic mass is 32.2. The lowest BCUT2D eigenvalue weighted by Gasteiger charge is -2.26. The molecule has 0 aliphatic carbocycles. The van der Waals surface area contributed by atoms with Crippen molar-refractivity contribution >= 4 is 31.6 Å². The van der Waals surface area contributed by atoms with Crippen LogP contribution in [0.25, 0.3) is 21.3 Å². The lowest BCUT2D eigenvalue weighted by Crippen LogP contribution is -2.35. The van der Waals surface area contributed by atoms with E-state index in [0.717, 1.165) is 26.9 Å². The summed E-state index contributed by atoms with van der Waals surface area (Å²) in [5.41, 5.74) is 9.26. The van der Waals surface area contributed by atoms with Crippen molar-refractivity contribution < 1.29 is 8.42 Å². The van der Waals surface area contributed by atoms with Gasteiger partial charge in [-0.2, -0.15) is 0 Å². The molecule has 6 nitrogen and oxygen atoms in total. The number of sulfonamides is 1. The van der Waals surface area contributed by atoms with E-state index < -0.39 is 15.6 Å². The molecule has 0 radical (unpaired) electrons. The van der Waals surface area contributed by atoms with Crippen molar-refractivity contribution in [1.29, 1.82) is 0 Å². The molecule has 1 unspecified atom stereocenters. The fourth-order valence-electron chi connectivity index (χ4n) is 3.23. The van der Waals surface area contributed by atoms with Crippen molar-refractivity contribution in [3.05, 3.63) is 77.6 Å². The van der Waals surface area contributed by atoms with E-state index in [1.54, 1.807) is 12.1 Å². The Morgan fingerprint density at radius 3 is 2.32 bits per heavy atom. The second-order valence-corrected chi connectivity index (χ2v) is 9.11. The predicted molar refractivity (Wildman–Crippen MR) is 111 cm³/mol. The van der Waals surface area contributed by atoms with Gasteiger partial charge in [0.2, 0.25) is 10.0 Å². The normalized spacial score (nSPS) is 14.1. The summed E-state index contributed by atoms with van der Waals surface area (Å²) in [6.45, 7) is 1.85. The molecule has 4 rings (SSSR count). The van der Waals surface area contributed by atoms with Crippen LogP contribution in [0.5, 0.6) is 0 Å². The molecule has 4 aromatic rings. The molecule has 2 heterocycles. The van der Waals surface area contributed by atoms with Gasteiger partial charge < -0.3 is 5.73 Å². The third-order valence-corrected chi connectivity index (χ3v) is 6.55. The van der Waals surface area contributed by atoms with Gasteiger partial charge in [-0.1, -0.05) is 42.5 Å². The van der Waals surface area contributed by atoms with Gasteiger partial charge in [-0.25, -0.2) is 23.5 Å². The second kappa shape index (κ2) is 6.75. The number of aromatic nitrogens is 2. The summed E-state index contributed by atoms with van der Waals surface area (Å²) in [6.07, 6.45) is 1.51. The number of primary sulfonamides is 1. The maximum atomic E-state index is 11.5.